The van der Waals surface area contributed by atoms with E-state index in [0.717, 1.165) is 37.0 Å². The molecule has 1 saturated carbocycles. The van der Waals surface area contributed by atoms with Crippen molar-refractivity contribution >= 4 is 16.1 Å². The number of hydrogen-bond donors (Lipinski definition) is 2. The number of amides is 2. The number of nitrogens with zero attached hydrogens (tertiary/aromatic N) is 1. The highest BCUT2D eigenvalue weighted by Crippen LogP contribution is 2.17. The summed E-state index contributed by atoms with van der Waals surface area (Å²) in [5.41, 5.74) is 0.864. The van der Waals surface area contributed by atoms with Crippen LogP contribution >= 0.6 is 0 Å². The zero-order chi connectivity index (χ0) is 19.0. The van der Waals surface area contributed by atoms with E-state index in [1.807, 2.05) is 12.1 Å². The van der Waals surface area contributed by atoms with E-state index >= 15 is 0 Å². The Morgan fingerprint density at radius 1 is 1.19 bits per heavy atom. The largest absolute Gasteiger partial charge is 0.497 e. The molecule has 26 heavy (non-hydrogen) atoms. The predicted molar refractivity (Wildman–Crippen MR) is 102 cm³/mol. The lowest BCUT2D eigenvalue weighted by Crippen LogP contribution is -2.45. The molecule has 2 amide bonds. The number of rotatable bonds is 8. The molecule has 0 unspecified atom stereocenters. The topological polar surface area (TPSA) is 87.7 Å². The molecule has 1 aromatic carbocycles. The van der Waals surface area contributed by atoms with Gasteiger partial charge in [-0.3, -0.25) is 0 Å². The summed E-state index contributed by atoms with van der Waals surface area (Å²) in [6.45, 7) is 0.749. The Kier molecular flexibility index (Phi) is 7.71. The van der Waals surface area contributed by atoms with Gasteiger partial charge in [-0.1, -0.05) is 31.4 Å². The predicted octanol–water partition coefficient (Wildman–Crippen LogP) is 2.09. The van der Waals surface area contributed by atoms with Crippen molar-refractivity contribution in [3.8, 4) is 5.75 Å². The van der Waals surface area contributed by atoms with Crippen molar-refractivity contribution in [3.63, 3.8) is 0 Å². The Morgan fingerprint density at radius 3 is 2.42 bits per heavy atom. The van der Waals surface area contributed by atoms with Gasteiger partial charge in [0.25, 0.3) is 0 Å². The molecule has 1 aliphatic carbocycles. The van der Waals surface area contributed by atoms with Gasteiger partial charge in [-0.15, -0.1) is 0 Å². The van der Waals surface area contributed by atoms with Gasteiger partial charge in [-0.25, -0.2) is 13.2 Å². The van der Waals surface area contributed by atoms with Gasteiger partial charge in [0.1, 0.15) is 5.75 Å². The molecule has 0 aliphatic heterocycles. The second-order valence-electron chi connectivity index (χ2n) is 6.68. The van der Waals surface area contributed by atoms with Crippen LogP contribution in [0.25, 0.3) is 0 Å². The average molecular weight is 384 g/mol. The number of urea groups is 1. The second-order valence-corrected chi connectivity index (χ2v) is 8.66. The molecule has 1 fully saturated rings. The van der Waals surface area contributed by atoms with Crippen LogP contribution in [0.2, 0.25) is 0 Å². The Balaban J connectivity index is 1.82. The molecule has 8 heteroatoms. The molecule has 0 bridgehead atoms. The maximum Gasteiger partial charge on any atom is 0.315 e. The van der Waals surface area contributed by atoms with Crippen molar-refractivity contribution < 1.29 is 17.9 Å². The van der Waals surface area contributed by atoms with Crippen molar-refractivity contribution in [2.24, 2.45) is 0 Å². The number of benzene rings is 1. The minimum absolute atomic E-state index is 0.225. The summed E-state index contributed by atoms with van der Waals surface area (Å²) in [5, 5.41) is 5.72. The lowest BCUT2D eigenvalue weighted by Gasteiger charge is -2.24. The molecule has 146 valence electrons. The summed E-state index contributed by atoms with van der Waals surface area (Å²) in [6.07, 6.45) is 6.73. The van der Waals surface area contributed by atoms with Crippen molar-refractivity contribution in [2.45, 2.75) is 44.7 Å². The molecule has 0 heterocycles. The third-order valence-corrected chi connectivity index (χ3v) is 5.82. The minimum atomic E-state index is -3.37. The number of methoxy groups -OCH3 is 1. The summed E-state index contributed by atoms with van der Waals surface area (Å²) >= 11 is 0. The monoisotopic (exact) mass is 383 g/mol. The molecule has 1 aromatic rings. The Labute approximate surface area is 156 Å². The zero-order valence-corrected chi connectivity index (χ0v) is 16.3. The van der Waals surface area contributed by atoms with E-state index in [4.69, 9.17) is 4.74 Å². The number of hydrogen-bond acceptors (Lipinski definition) is 4. The molecule has 7 nitrogen and oxygen atoms in total. The molecule has 2 rings (SSSR count). The van der Waals surface area contributed by atoms with Gasteiger partial charge in [-0.2, -0.15) is 4.31 Å². The number of nitrogens with one attached hydrogen (secondary N) is 2. The maximum absolute atomic E-state index is 12.0. The van der Waals surface area contributed by atoms with E-state index in [9.17, 15) is 13.2 Å². The van der Waals surface area contributed by atoms with Crippen molar-refractivity contribution in [1.29, 1.82) is 0 Å². The first kappa shape index (κ1) is 20.5. The van der Waals surface area contributed by atoms with E-state index in [1.165, 1.54) is 17.0 Å². The van der Waals surface area contributed by atoms with E-state index in [0.29, 0.717) is 0 Å². The van der Waals surface area contributed by atoms with Crippen LogP contribution in [0.3, 0.4) is 0 Å². The van der Waals surface area contributed by atoms with Crippen molar-refractivity contribution in [2.75, 3.05) is 26.5 Å². The molecule has 0 spiro atoms. The van der Waals surface area contributed by atoms with E-state index in [1.54, 1.807) is 19.2 Å². The van der Waals surface area contributed by atoms with Gasteiger partial charge in [0.05, 0.1) is 13.4 Å². The van der Waals surface area contributed by atoms with Gasteiger partial charge in [0.15, 0.2) is 0 Å². The third-order valence-electron chi connectivity index (χ3n) is 4.57. The fourth-order valence-electron chi connectivity index (χ4n) is 3.07. The molecule has 0 atom stereocenters. The summed E-state index contributed by atoms with van der Waals surface area (Å²) in [7, 11) is -1.79. The summed E-state index contributed by atoms with van der Waals surface area (Å²) in [6, 6.07) is 7.27. The molecular formula is C18H29N3O4S. The van der Waals surface area contributed by atoms with Gasteiger partial charge < -0.3 is 15.4 Å². The number of sulfonamides is 1. The first-order valence-corrected chi connectivity index (χ1v) is 10.9. The van der Waals surface area contributed by atoms with Crippen LogP contribution in [0.5, 0.6) is 5.75 Å². The third kappa shape index (κ3) is 6.84. The second kappa shape index (κ2) is 9.78. The molecule has 0 saturated heterocycles. The van der Waals surface area contributed by atoms with Crippen LogP contribution in [-0.2, 0) is 16.6 Å². The normalized spacial score (nSPS) is 15.7. The van der Waals surface area contributed by atoms with Crippen LogP contribution in [-0.4, -0.2) is 51.3 Å². The van der Waals surface area contributed by atoms with Crippen LogP contribution in [0, 0.1) is 0 Å². The van der Waals surface area contributed by atoms with E-state index in [-0.39, 0.29) is 31.7 Å². The maximum atomic E-state index is 12.0. The van der Waals surface area contributed by atoms with E-state index in [2.05, 4.69) is 10.6 Å². The number of ether oxygens (including phenoxy) is 1. The van der Waals surface area contributed by atoms with Gasteiger partial charge >= 0.3 is 6.03 Å². The average Bonchev–Trinajstić information content (AvgIpc) is 2.61. The first-order valence-electron chi connectivity index (χ1n) is 9.01. The lowest BCUT2D eigenvalue weighted by atomic mass is 9.96. The first-order chi connectivity index (χ1) is 12.4. The highest BCUT2D eigenvalue weighted by atomic mass is 32.2. The van der Waals surface area contributed by atoms with Crippen LogP contribution < -0.4 is 15.4 Å². The molecule has 1 aliphatic rings. The Bertz CT molecular complexity index is 670. The quantitative estimate of drug-likeness (QED) is 0.719. The molecule has 2 N–H and O–H groups in total. The van der Waals surface area contributed by atoms with Gasteiger partial charge in [0.2, 0.25) is 10.0 Å². The molecule has 0 radical (unpaired) electrons. The van der Waals surface area contributed by atoms with Crippen molar-refractivity contribution in [1.82, 2.24) is 14.9 Å². The summed E-state index contributed by atoms with van der Waals surface area (Å²) in [5.74, 6) is 0.723. The number of carbonyl (C=O) groups is 1. The van der Waals surface area contributed by atoms with Crippen LogP contribution in [0.4, 0.5) is 4.79 Å². The Morgan fingerprint density at radius 2 is 1.85 bits per heavy atom. The summed E-state index contributed by atoms with van der Waals surface area (Å²) in [4.78, 5) is 12.0. The molecular weight excluding hydrogens is 354 g/mol. The van der Waals surface area contributed by atoms with Gasteiger partial charge in [-0.05, 0) is 30.5 Å². The fraction of sp³-hybridized carbons (Fsp3) is 0.611. The number of carbonyl (C=O) groups excluding carboxylic acids is 1. The zero-order valence-electron chi connectivity index (χ0n) is 15.5. The van der Waals surface area contributed by atoms with Crippen LogP contribution in [0.15, 0.2) is 24.3 Å². The summed E-state index contributed by atoms with van der Waals surface area (Å²) < 4.78 is 30.5. The lowest BCUT2D eigenvalue weighted by molar-refractivity contribution is 0.231. The smallest absolute Gasteiger partial charge is 0.315 e. The molecule has 0 aromatic heterocycles. The van der Waals surface area contributed by atoms with Crippen molar-refractivity contribution in [3.05, 3.63) is 29.8 Å². The van der Waals surface area contributed by atoms with Gasteiger partial charge in [0, 0.05) is 25.7 Å². The highest BCUT2D eigenvalue weighted by Gasteiger charge is 2.18. The van der Waals surface area contributed by atoms with Crippen LogP contribution in [0.1, 0.15) is 37.7 Å². The standard InChI is InChI=1S/C18H29N3O4S/c1-25-17-10-8-15(9-11-17)14-21(26(2,23)24)13-12-19-18(22)20-16-6-4-3-5-7-16/h8-11,16H,3-7,12-14H2,1-2H3,(H2,19,20,22). The Hall–Kier alpha value is -1.80. The van der Waals surface area contributed by atoms with E-state index < -0.39 is 10.0 Å². The SMILES string of the molecule is COc1ccc(CN(CCNC(=O)NC2CCCCC2)S(C)(=O)=O)cc1. The minimum Gasteiger partial charge on any atom is -0.497 e. The fourth-order valence-corrected chi connectivity index (χ4v) is 3.88. The highest BCUT2D eigenvalue weighted by molar-refractivity contribution is 7.88.